The zero-order valence-corrected chi connectivity index (χ0v) is 19.1. The van der Waals surface area contributed by atoms with E-state index in [-0.39, 0.29) is 24.5 Å². The molecule has 1 spiro atoms. The molecule has 7 heteroatoms. The van der Waals surface area contributed by atoms with E-state index in [2.05, 4.69) is 36.1 Å². The van der Waals surface area contributed by atoms with Gasteiger partial charge < -0.3 is 9.64 Å². The lowest BCUT2D eigenvalue weighted by molar-refractivity contribution is -0.135. The van der Waals surface area contributed by atoms with Crippen molar-refractivity contribution < 1.29 is 14.3 Å². The molecule has 0 aliphatic carbocycles. The Morgan fingerprint density at radius 1 is 1.12 bits per heavy atom. The van der Waals surface area contributed by atoms with E-state index in [9.17, 15) is 9.59 Å². The molecular weight excluding hydrogens is 416 g/mol. The van der Waals surface area contributed by atoms with Crippen LogP contribution in [0.4, 0.5) is 4.79 Å². The number of benzene rings is 2. The molecule has 2 fully saturated rings. The number of nitriles is 1. The molecule has 2 aromatic rings. The predicted octanol–water partition coefficient (Wildman–Crippen LogP) is 3.48. The summed E-state index contributed by atoms with van der Waals surface area (Å²) in [5.74, 6) is 0.875. The van der Waals surface area contributed by atoms with Crippen molar-refractivity contribution in [2.45, 2.75) is 44.3 Å². The summed E-state index contributed by atoms with van der Waals surface area (Å²) in [4.78, 5) is 31.9. The van der Waals surface area contributed by atoms with Gasteiger partial charge in [-0.15, -0.1) is 0 Å². The molecule has 0 bridgehead atoms. The summed E-state index contributed by atoms with van der Waals surface area (Å²) in [6.45, 7) is 4.66. The van der Waals surface area contributed by atoms with Crippen LogP contribution in [0, 0.1) is 11.3 Å². The second kappa shape index (κ2) is 8.20. The number of amides is 3. The number of carbonyl (C=O) groups excluding carboxylic acids is 2. The molecule has 2 aromatic carbocycles. The lowest BCUT2D eigenvalue weighted by atomic mass is 9.85. The second-order valence-corrected chi connectivity index (χ2v) is 9.25. The fraction of sp³-hybridized carbons (Fsp3) is 0.423. The molecule has 0 aromatic heterocycles. The first kappa shape index (κ1) is 21.5. The van der Waals surface area contributed by atoms with E-state index < -0.39 is 5.54 Å². The number of hydrogen-bond acceptors (Lipinski definition) is 5. The monoisotopic (exact) mass is 444 g/mol. The van der Waals surface area contributed by atoms with Crippen molar-refractivity contribution in [3.63, 3.8) is 0 Å². The average Bonchev–Trinajstić information content (AvgIpc) is 3.39. The van der Waals surface area contributed by atoms with Gasteiger partial charge in [-0.3, -0.25) is 14.6 Å². The number of ether oxygens (including phenoxy) is 1. The third-order valence-electron chi connectivity index (χ3n) is 7.60. The standard InChI is InChI=1S/C26H28N4O3/c1-18(22-8-7-21-9-14-33-23(21)15-22)29-12-10-26(11-13-29)24(31)30(25(32)28(26)2)17-20-5-3-19(16-27)4-6-20/h3-8,15,18H,9-14,17H2,1-2H3/t18-/m1/s1. The molecule has 3 aliphatic rings. The first-order valence-electron chi connectivity index (χ1n) is 11.5. The highest BCUT2D eigenvalue weighted by atomic mass is 16.5. The molecule has 33 heavy (non-hydrogen) atoms. The number of likely N-dealkylation sites (tertiary alicyclic amines) is 1. The summed E-state index contributed by atoms with van der Waals surface area (Å²) in [5, 5.41) is 8.99. The maximum absolute atomic E-state index is 13.5. The minimum Gasteiger partial charge on any atom is -0.493 e. The predicted molar refractivity (Wildman–Crippen MR) is 122 cm³/mol. The van der Waals surface area contributed by atoms with Crippen molar-refractivity contribution in [2.24, 2.45) is 0 Å². The normalized spacial score (nSPS) is 20.6. The van der Waals surface area contributed by atoms with Crippen molar-refractivity contribution in [3.8, 4) is 11.8 Å². The van der Waals surface area contributed by atoms with Gasteiger partial charge >= 0.3 is 6.03 Å². The maximum atomic E-state index is 13.5. The second-order valence-electron chi connectivity index (χ2n) is 9.25. The number of likely N-dealkylation sites (N-methyl/N-ethyl adjacent to an activating group) is 1. The summed E-state index contributed by atoms with van der Waals surface area (Å²) in [6, 6.07) is 15.6. The largest absolute Gasteiger partial charge is 0.493 e. The Morgan fingerprint density at radius 2 is 1.85 bits per heavy atom. The smallest absolute Gasteiger partial charge is 0.327 e. The molecule has 3 aliphatic heterocycles. The van der Waals surface area contributed by atoms with E-state index in [1.165, 1.54) is 16.0 Å². The van der Waals surface area contributed by atoms with E-state index in [0.717, 1.165) is 37.4 Å². The molecule has 170 valence electrons. The van der Waals surface area contributed by atoms with Crippen LogP contribution in [-0.2, 0) is 17.8 Å². The zero-order valence-electron chi connectivity index (χ0n) is 19.1. The minimum atomic E-state index is -0.777. The highest BCUT2D eigenvalue weighted by molar-refractivity contribution is 6.06. The quantitative estimate of drug-likeness (QED) is 0.675. The molecule has 0 radical (unpaired) electrons. The van der Waals surface area contributed by atoms with Crippen LogP contribution < -0.4 is 4.74 Å². The summed E-state index contributed by atoms with van der Waals surface area (Å²) >= 11 is 0. The Hall–Kier alpha value is -3.37. The van der Waals surface area contributed by atoms with Gasteiger partial charge in [-0.05, 0) is 54.7 Å². The molecule has 0 unspecified atom stereocenters. The number of carbonyl (C=O) groups is 2. The molecule has 5 rings (SSSR count). The lowest BCUT2D eigenvalue weighted by Crippen LogP contribution is -2.55. The van der Waals surface area contributed by atoms with Crippen LogP contribution in [0.25, 0.3) is 0 Å². The van der Waals surface area contributed by atoms with Gasteiger partial charge in [0.2, 0.25) is 0 Å². The number of fused-ring (bicyclic) bond motifs is 1. The van der Waals surface area contributed by atoms with E-state index >= 15 is 0 Å². The molecule has 0 saturated carbocycles. The number of hydrogen-bond donors (Lipinski definition) is 0. The third kappa shape index (κ3) is 3.55. The van der Waals surface area contributed by atoms with Crippen molar-refractivity contribution in [1.82, 2.24) is 14.7 Å². The van der Waals surface area contributed by atoms with Crippen LogP contribution in [0.1, 0.15) is 48.1 Å². The van der Waals surface area contributed by atoms with Crippen molar-refractivity contribution in [1.29, 1.82) is 5.26 Å². The molecule has 3 amide bonds. The van der Waals surface area contributed by atoms with Gasteiger partial charge in [0, 0.05) is 32.6 Å². The van der Waals surface area contributed by atoms with Crippen LogP contribution in [-0.4, -0.2) is 58.9 Å². The number of rotatable bonds is 4. The Morgan fingerprint density at radius 3 is 2.55 bits per heavy atom. The fourth-order valence-corrected chi connectivity index (χ4v) is 5.34. The molecular formula is C26H28N4O3. The molecule has 0 N–H and O–H groups in total. The summed E-state index contributed by atoms with van der Waals surface area (Å²) in [6.07, 6.45) is 2.20. The molecule has 2 saturated heterocycles. The third-order valence-corrected chi connectivity index (χ3v) is 7.60. The van der Waals surface area contributed by atoms with Crippen molar-refractivity contribution in [3.05, 3.63) is 64.7 Å². The maximum Gasteiger partial charge on any atom is 0.327 e. The first-order valence-corrected chi connectivity index (χ1v) is 11.5. The lowest BCUT2D eigenvalue weighted by Gasteiger charge is -2.43. The van der Waals surface area contributed by atoms with Crippen LogP contribution in [0.2, 0.25) is 0 Å². The van der Waals surface area contributed by atoms with Gasteiger partial charge in [0.05, 0.1) is 24.8 Å². The van der Waals surface area contributed by atoms with Crippen LogP contribution in [0.15, 0.2) is 42.5 Å². The topological polar surface area (TPSA) is 76.9 Å². The number of piperidine rings is 1. The van der Waals surface area contributed by atoms with Gasteiger partial charge in [0.1, 0.15) is 11.3 Å². The average molecular weight is 445 g/mol. The Balaban J connectivity index is 1.28. The van der Waals surface area contributed by atoms with Gasteiger partial charge in [-0.2, -0.15) is 5.26 Å². The number of nitrogens with zero attached hydrogens (tertiary/aromatic N) is 4. The first-order chi connectivity index (χ1) is 15.9. The molecule has 1 atom stereocenters. The van der Waals surface area contributed by atoms with Crippen LogP contribution in [0.5, 0.6) is 5.75 Å². The minimum absolute atomic E-state index is 0.113. The summed E-state index contributed by atoms with van der Waals surface area (Å²) in [5.41, 5.74) is 3.11. The van der Waals surface area contributed by atoms with E-state index in [0.29, 0.717) is 18.4 Å². The van der Waals surface area contributed by atoms with Gasteiger partial charge in [-0.1, -0.05) is 24.3 Å². The van der Waals surface area contributed by atoms with Crippen molar-refractivity contribution >= 4 is 11.9 Å². The van der Waals surface area contributed by atoms with Crippen LogP contribution >= 0.6 is 0 Å². The summed E-state index contributed by atoms with van der Waals surface area (Å²) < 4.78 is 5.74. The highest BCUT2D eigenvalue weighted by Gasteiger charge is 2.56. The van der Waals surface area contributed by atoms with E-state index in [4.69, 9.17) is 10.00 Å². The van der Waals surface area contributed by atoms with E-state index in [1.807, 2.05) is 0 Å². The molecule has 7 nitrogen and oxygen atoms in total. The van der Waals surface area contributed by atoms with Gasteiger partial charge in [-0.25, -0.2) is 4.79 Å². The SMILES string of the molecule is C[C@H](c1ccc2c(c1)OCC2)N1CCC2(CC1)C(=O)N(Cc1ccc(C#N)cc1)C(=O)N2C. The number of urea groups is 1. The Labute approximate surface area is 194 Å². The van der Waals surface area contributed by atoms with Gasteiger partial charge in [0.25, 0.3) is 5.91 Å². The zero-order chi connectivity index (χ0) is 23.2. The number of imide groups is 1. The molecule has 3 heterocycles. The van der Waals surface area contributed by atoms with Crippen LogP contribution in [0.3, 0.4) is 0 Å². The Bertz CT molecular complexity index is 1130. The summed E-state index contributed by atoms with van der Waals surface area (Å²) in [7, 11) is 1.75. The Kier molecular flexibility index (Phi) is 5.34. The highest BCUT2D eigenvalue weighted by Crippen LogP contribution is 2.39. The van der Waals surface area contributed by atoms with Gasteiger partial charge in [0.15, 0.2) is 0 Å². The van der Waals surface area contributed by atoms with E-state index in [1.54, 1.807) is 36.2 Å². The van der Waals surface area contributed by atoms with Crippen molar-refractivity contribution in [2.75, 3.05) is 26.7 Å². The fourth-order valence-electron chi connectivity index (χ4n) is 5.34.